The first-order valence-corrected chi connectivity index (χ1v) is 5.15. The molecule has 1 heterocycles. The standard InChI is InChI=1S/C8H4FIOS/c9-5-3-1-2-4-6(10)8(11)12-7(4)5/h1-3,11H. The molecular formula is C8H4FIOS. The Labute approximate surface area is 86.0 Å². The fourth-order valence-corrected chi connectivity index (χ4v) is 2.84. The highest BCUT2D eigenvalue weighted by atomic mass is 127. The van der Waals surface area contributed by atoms with Crippen molar-refractivity contribution in [2.45, 2.75) is 0 Å². The summed E-state index contributed by atoms with van der Waals surface area (Å²) in [6.45, 7) is 0. The Morgan fingerprint density at radius 2 is 2.17 bits per heavy atom. The van der Waals surface area contributed by atoms with E-state index in [2.05, 4.69) is 0 Å². The van der Waals surface area contributed by atoms with E-state index in [1.165, 1.54) is 6.07 Å². The number of rotatable bonds is 0. The van der Waals surface area contributed by atoms with E-state index in [0.717, 1.165) is 20.3 Å². The van der Waals surface area contributed by atoms with Crippen molar-refractivity contribution in [3.8, 4) is 5.06 Å². The zero-order chi connectivity index (χ0) is 8.72. The fraction of sp³-hybridized carbons (Fsp3) is 0. The molecule has 0 radical (unpaired) electrons. The van der Waals surface area contributed by atoms with Crippen molar-refractivity contribution in [2.75, 3.05) is 0 Å². The summed E-state index contributed by atoms with van der Waals surface area (Å²) in [5, 5.41) is 10.3. The highest BCUT2D eigenvalue weighted by molar-refractivity contribution is 14.1. The van der Waals surface area contributed by atoms with Crippen LogP contribution in [0, 0.1) is 9.39 Å². The first-order chi connectivity index (χ1) is 5.70. The van der Waals surface area contributed by atoms with Gasteiger partial charge in [-0.15, -0.1) is 0 Å². The number of fused-ring (bicyclic) bond motifs is 1. The van der Waals surface area contributed by atoms with Crippen LogP contribution in [0.25, 0.3) is 10.1 Å². The van der Waals surface area contributed by atoms with E-state index in [9.17, 15) is 9.50 Å². The first kappa shape index (κ1) is 8.25. The first-order valence-electron chi connectivity index (χ1n) is 3.25. The second-order valence-corrected chi connectivity index (χ2v) is 4.42. The lowest BCUT2D eigenvalue weighted by molar-refractivity contribution is 0.488. The second-order valence-electron chi connectivity index (χ2n) is 2.34. The van der Waals surface area contributed by atoms with E-state index in [-0.39, 0.29) is 10.9 Å². The van der Waals surface area contributed by atoms with Crippen molar-refractivity contribution < 1.29 is 9.50 Å². The Bertz CT molecular complexity index is 438. The van der Waals surface area contributed by atoms with E-state index < -0.39 is 0 Å². The van der Waals surface area contributed by atoms with Gasteiger partial charge in [0.1, 0.15) is 5.82 Å². The van der Waals surface area contributed by atoms with Gasteiger partial charge in [0.15, 0.2) is 5.06 Å². The van der Waals surface area contributed by atoms with Crippen LogP contribution in [0.2, 0.25) is 0 Å². The highest BCUT2D eigenvalue weighted by Crippen LogP contribution is 2.38. The number of benzene rings is 1. The molecule has 2 aromatic rings. The van der Waals surface area contributed by atoms with E-state index >= 15 is 0 Å². The van der Waals surface area contributed by atoms with Gasteiger partial charge >= 0.3 is 0 Å². The average Bonchev–Trinajstić information content (AvgIpc) is 2.32. The molecule has 1 N–H and O–H groups in total. The molecule has 0 spiro atoms. The van der Waals surface area contributed by atoms with Crippen molar-refractivity contribution in [3.63, 3.8) is 0 Å². The average molecular weight is 294 g/mol. The number of thiophene rings is 1. The van der Waals surface area contributed by atoms with Crippen LogP contribution < -0.4 is 0 Å². The van der Waals surface area contributed by atoms with Gasteiger partial charge in [-0.05, 0) is 28.7 Å². The van der Waals surface area contributed by atoms with Crippen molar-refractivity contribution in [1.29, 1.82) is 0 Å². The van der Waals surface area contributed by atoms with Crippen molar-refractivity contribution in [2.24, 2.45) is 0 Å². The Hall–Kier alpha value is -0.360. The Balaban J connectivity index is 2.95. The maximum atomic E-state index is 13.1. The molecule has 0 aliphatic rings. The van der Waals surface area contributed by atoms with Gasteiger partial charge in [-0.2, -0.15) is 0 Å². The number of hydrogen-bond acceptors (Lipinski definition) is 2. The van der Waals surface area contributed by atoms with Gasteiger partial charge in [-0.1, -0.05) is 23.5 Å². The molecule has 1 aromatic carbocycles. The minimum absolute atomic E-state index is 0.190. The van der Waals surface area contributed by atoms with Crippen LogP contribution in [0.5, 0.6) is 5.06 Å². The van der Waals surface area contributed by atoms with Gasteiger partial charge in [-0.3, -0.25) is 0 Å². The summed E-state index contributed by atoms with van der Waals surface area (Å²) in [7, 11) is 0. The molecule has 1 aromatic heterocycles. The van der Waals surface area contributed by atoms with Gasteiger partial charge < -0.3 is 5.11 Å². The maximum Gasteiger partial charge on any atom is 0.186 e. The van der Waals surface area contributed by atoms with Gasteiger partial charge in [0.25, 0.3) is 0 Å². The summed E-state index contributed by atoms with van der Waals surface area (Å²) < 4.78 is 14.3. The summed E-state index contributed by atoms with van der Waals surface area (Å²) in [5.74, 6) is -0.268. The van der Waals surface area contributed by atoms with E-state index in [1.807, 2.05) is 22.6 Å². The number of halogens is 2. The molecule has 0 unspecified atom stereocenters. The lowest BCUT2D eigenvalue weighted by Crippen LogP contribution is -1.72. The predicted molar refractivity (Wildman–Crippen MR) is 56.2 cm³/mol. The smallest absolute Gasteiger partial charge is 0.186 e. The molecule has 0 fully saturated rings. The normalized spacial score (nSPS) is 10.8. The van der Waals surface area contributed by atoms with Crippen molar-refractivity contribution in [1.82, 2.24) is 0 Å². The predicted octanol–water partition coefficient (Wildman–Crippen LogP) is 3.35. The summed E-state index contributed by atoms with van der Waals surface area (Å²) >= 11 is 3.09. The molecule has 1 nitrogen and oxygen atoms in total. The summed E-state index contributed by atoms with van der Waals surface area (Å²) in [6.07, 6.45) is 0. The molecule has 0 saturated heterocycles. The number of hydrogen-bond donors (Lipinski definition) is 1. The summed E-state index contributed by atoms with van der Waals surface area (Å²) in [5.41, 5.74) is 0. The fourth-order valence-electron chi connectivity index (χ4n) is 1.04. The van der Waals surface area contributed by atoms with E-state index in [1.54, 1.807) is 12.1 Å². The topological polar surface area (TPSA) is 20.2 Å². The van der Waals surface area contributed by atoms with E-state index in [0.29, 0.717) is 4.70 Å². The SMILES string of the molecule is Oc1sc2c(F)cccc2c1I. The van der Waals surface area contributed by atoms with Gasteiger partial charge in [0, 0.05) is 5.39 Å². The van der Waals surface area contributed by atoms with Crippen LogP contribution in [-0.2, 0) is 0 Å². The molecule has 62 valence electrons. The largest absolute Gasteiger partial charge is 0.499 e. The van der Waals surface area contributed by atoms with Crippen LogP contribution in [0.1, 0.15) is 0 Å². The van der Waals surface area contributed by atoms with Crippen LogP contribution in [0.15, 0.2) is 18.2 Å². The Kier molecular flexibility index (Phi) is 1.96. The lowest BCUT2D eigenvalue weighted by Gasteiger charge is -1.89. The molecular weight excluding hydrogens is 290 g/mol. The maximum absolute atomic E-state index is 13.1. The Morgan fingerprint density at radius 3 is 2.83 bits per heavy atom. The second kappa shape index (κ2) is 2.85. The van der Waals surface area contributed by atoms with E-state index in [4.69, 9.17) is 0 Å². The molecule has 4 heteroatoms. The highest BCUT2D eigenvalue weighted by Gasteiger charge is 2.10. The quantitative estimate of drug-likeness (QED) is 0.739. The van der Waals surface area contributed by atoms with Crippen LogP contribution >= 0.6 is 33.9 Å². The van der Waals surface area contributed by atoms with Gasteiger partial charge in [0.2, 0.25) is 0 Å². The molecule has 12 heavy (non-hydrogen) atoms. The molecule has 0 aliphatic heterocycles. The van der Waals surface area contributed by atoms with Crippen LogP contribution in [-0.4, -0.2) is 5.11 Å². The zero-order valence-electron chi connectivity index (χ0n) is 5.84. The minimum Gasteiger partial charge on any atom is -0.499 e. The third-order valence-corrected chi connectivity index (χ3v) is 4.06. The molecule has 0 atom stereocenters. The molecule has 0 amide bonds. The molecule has 2 rings (SSSR count). The van der Waals surface area contributed by atoms with Crippen molar-refractivity contribution in [3.05, 3.63) is 27.6 Å². The molecule has 0 bridgehead atoms. The zero-order valence-corrected chi connectivity index (χ0v) is 8.82. The van der Waals surface area contributed by atoms with Crippen LogP contribution in [0.3, 0.4) is 0 Å². The minimum atomic E-state index is -0.268. The monoisotopic (exact) mass is 294 g/mol. The third kappa shape index (κ3) is 1.09. The van der Waals surface area contributed by atoms with Gasteiger partial charge in [0.05, 0.1) is 8.27 Å². The van der Waals surface area contributed by atoms with Gasteiger partial charge in [-0.25, -0.2) is 4.39 Å². The van der Waals surface area contributed by atoms with Crippen LogP contribution in [0.4, 0.5) is 4.39 Å². The summed E-state index contributed by atoms with van der Waals surface area (Å²) in [6, 6.07) is 4.84. The molecule has 0 saturated carbocycles. The Morgan fingerprint density at radius 1 is 1.42 bits per heavy atom. The third-order valence-electron chi connectivity index (χ3n) is 1.59. The summed E-state index contributed by atoms with van der Waals surface area (Å²) in [4.78, 5) is 0. The lowest BCUT2D eigenvalue weighted by atomic mass is 10.2. The molecule has 0 aliphatic carbocycles. The number of aromatic hydroxyl groups is 1. The van der Waals surface area contributed by atoms with Crippen molar-refractivity contribution >= 4 is 44.0 Å².